The smallest absolute Gasteiger partial charge is 0.291 e. The van der Waals surface area contributed by atoms with Crippen LogP contribution >= 0.6 is 11.6 Å². The first kappa shape index (κ1) is 28.0. The summed E-state index contributed by atoms with van der Waals surface area (Å²) in [5.74, 6) is 1.16. The van der Waals surface area contributed by atoms with Gasteiger partial charge in [0.1, 0.15) is 11.5 Å². The lowest BCUT2D eigenvalue weighted by Gasteiger charge is -2.13. The van der Waals surface area contributed by atoms with E-state index in [1.54, 1.807) is 30.3 Å². The van der Waals surface area contributed by atoms with Crippen LogP contribution in [0.3, 0.4) is 0 Å². The highest BCUT2D eigenvalue weighted by Gasteiger charge is 2.28. The Hall–Kier alpha value is -5.14. The predicted octanol–water partition coefficient (Wildman–Crippen LogP) is 8.42. The van der Waals surface area contributed by atoms with Crippen molar-refractivity contribution in [1.29, 1.82) is 0 Å². The summed E-state index contributed by atoms with van der Waals surface area (Å²) >= 11 is 6.24. The highest BCUT2D eigenvalue weighted by atomic mass is 35.5. The molecule has 0 bridgehead atoms. The average molecular weight is 590 g/mol. The third-order valence-corrected chi connectivity index (χ3v) is 7.47. The molecule has 1 aromatic heterocycles. The molecule has 0 aliphatic heterocycles. The number of hydrogen-bond donors (Lipinski definition) is 2. The van der Waals surface area contributed by atoms with E-state index in [0.29, 0.717) is 57.6 Å². The predicted molar refractivity (Wildman–Crippen MR) is 168 cm³/mol. The van der Waals surface area contributed by atoms with E-state index < -0.39 is 5.91 Å². The lowest BCUT2D eigenvalue weighted by atomic mass is 9.93. The van der Waals surface area contributed by atoms with Gasteiger partial charge in [-0.05, 0) is 73.4 Å². The zero-order chi connectivity index (χ0) is 29.8. The highest BCUT2D eigenvalue weighted by molar-refractivity contribution is 6.31. The maximum Gasteiger partial charge on any atom is 0.291 e. The lowest BCUT2D eigenvalue weighted by Crippen LogP contribution is -2.22. The summed E-state index contributed by atoms with van der Waals surface area (Å²) in [6.45, 7) is 1.82. The molecule has 4 aromatic carbocycles. The van der Waals surface area contributed by atoms with E-state index in [1.165, 1.54) is 0 Å². The molecule has 0 spiro atoms. The number of fused-ring (bicyclic) bond motifs is 1. The van der Waals surface area contributed by atoms with Crippen molar-refractivity contribution in [2.24, 2.45) is 5.10 Å². The van der Waals surface area contributed by atoms with Crippen LogP contribution in [0.25, 0.3) is 11.1 Å². The van der Waals surface area contributed by atoms with E-state index in [4.69, 9.17) is 20.8 Å². The quantitative estimate of drug-likeness (QED) is 0.186. The molecule has 1 aliphatic carbocycles. The maximum absolute atomic E-state index is 13.4. The van der Waals surface area contributed by atoms with Crippen LogP contribution in [0.2, 0.25) is 5.02 Å². The van der Waals surface area contributed by atoms with Gasteiger partial charge in [0.25, 0.3) is 11.8 Å². The SMILES string of the molecule is Cc1c(C(=O)Nc2cc(Cl)ccc2Oc2ccccc2)oc2c1/C(=N/NC(=O)c1ccc(-c3ccccc3)cc1)CCC2. The van der Waals surface area contributed by atoms with E-state index in [0.717, 1.165) is 23.1 Å². The topological polar surface area (TPSA) is 92.9 Å². The van der Waals surface area contributed by atoms with Crippen molar-refractivity contribution in [3.05, 3.63) is 136 Å². The normalized spacial score (nSPS) is 13.3. The van der Waals surface area contributed by atoms with Crippen molar-refractivity contribution < 1.29 is 18.7 Å². The molecular weight excluding hydrogens is 562 g/mol. The molecule has 0 saturated heterocycles. The fourth-order valence-corrected chi connectivity index (χ4v) is 5.28. The molecule has 7 nitrogen and oxygen atoms in total. The summed E-state index contributed by atoms with van der Waals surface area (Å²) in [5.41, 5.74) is 7.78. The van der Waals surface area contributed by atoms with Crippen LogP contribution < -0.4 is 15.5 Å². The zero-order valence-corrected chi connectivity index (χ0v) is 24.2. The monoisotopic (exact) mass is 589 g/mol. The van der Waals surface area contributed by atoms with Crippen molar-refractivity contribution in [3.8, 4) is 22.6 Å². The summed E-state index contributed by atoms with van der Waals surface area (Å²) in [5, 5.41) is 7.80. The van der Waals surface area contributed by atoms with Crippen molar-refractivity contribution >= 4 is 34.8 Å². The Morgan fingerprint density at radius 1 is 0.837 bits per heavy atom. The highest BCUT2D eigenvalue weighted by Crippen LogP contribution is 2.34. The molecule has 0 fully saturated rings. The van der Waals surface area contributed by atoms with E-state index in [9.17, 15) is 9.59 Å². The number of aryl methyl sites for hydroxylation is 1. The molecule has 0 unspecified atom stereocenters. The number of hydrazone groups is 1. The summed E-state index contributed by atoms with van der Waals surface area (Å²) < 4.78 is 12.0. The number of amides is 2. The number of furan rings is 1. The number of carbonyl (C=O) groups is 2. The first-order valence-electron chi connectivity index (χ1n) is 13.9. The summed E-state index contributed by atoms with van der Waals surface area (Å²) in [4.78, 5) is 26.4. The fourth-order valence-electron chi connectivity index (χ4n) is 5.11. The fraction of sp³-hybridized carbons (Fsp3) is 0.114. The van der Waals surface area contributed by atoms with Crippen LogP contribution in [-0.2, 0) is 6.42 Å². The number of carbonyl (C=O) groups excluding carboxylic acids is 2. The Kier molecular flexibility index (Phi) is 8.07. The van der Waals surface area contributed by atoms with Crippen molar-refractivity contribution in [1.82, 2.24) is 5.43 Å². The van der Waals surface area contributed by atoms with Gasteiger partial charge in [0.15, 0.2) is 11.5 Å². The number of ether oxygens (including phenoxy) is 1. The molecule has 2 N–H and O–H groups in total. The van der Waals surface area contributed by atoms with Gasteiger partial charge in [-0.15, -0.1) is 0 Å². The molecule has 5 aromatic rings. The first-order valence-corrected chi connectivity index (χ1v) is 14.3. The van der Waals surface area contributed by atoms with Gasteiger partial charge in [-0.25, -0.2) is 5.43 Å². The number of benzene rings is 4. The summed E-state index contributed by atoms with van der Waals surface area (Å²) in [6, 6.07) is 31.7. The largest absolute Gasteiger partial charge is 0.455 e. The first-order chi connectivity index (χ1) is 21.0. The van der Waals surface area contributed by atoms with Gasteiger partial charge >= 0.3 is 0 Å². The standard InChI is InChI=1S/C35H28ClN3O4/c1-22-32-28(38-39-34(40)25-17-15-24(16-18-25)23-9-4-2-5-10-23)13-8-14-31(32)43-33(22)35(41)37-29-21-26(36)19-20-30(29)42-27-11-6-3-7-12-27/h2-7,9-12,15-21H,8,13-14H2,1H3,(H,37,41)(H,39,40)/b38-28+. The van der Waals surface area contributed by atoms with E-state index in [2.05, 4.69) is 15.8 Å². The summed E-state index contributed by atoms with van der Waals surface area (Å²) in [6.07, 6.45) is 2.09. The van der Waals surface area contributed by atoms with Crippen molar-refractivity contribution in [2.75, 3.05) is 5.32 Å². The average Bonchev–Trinajstić information content (AvgIpc) is 3.39. The van der Waals surface area contributed by atoms with Gasteiger partial charge in [0.05, 0.1) is 11.4 Å². The third kappa shape index (κ3) is 6.22. The molecule has 214 valence electrons. The van der Waals surface area contributed by atoms with Crippen LogP contribution in [0.4, 0.5) is 5.69 Å². The van der Waals surface area contributed by atoms with Crippen molar-refractivity contribution in [3.63, 3.8) is 0 Å². The number of nitrogens with zero attached hydrogens (tertiary/aromatic N) is 1. The number of halogens is 1. The number of nitrogens with one attached hydrogen (secondary N) is 2. The number of rotatable bonds is 7. The van der Waals surface area contributed by atoms with Gasteiger partial charge in [-0.2, -0.15) is 5.10 Å². The minimum absolute atomic E-state index is 0.174. The Balaban J connectivity index is 1.19. The summed E-state index contributed by atoms with van der Waals surface area (Å²) in [7, 11) is 0. The maximum atomic E-state index is 13.4. The Morgan fingerprint density at radius 3 is 2.28 bits per heavy atom. The van der Waals surface area contributed by atoms with Crippen molar-refractivity contribution in [2.45, 2.75) is 26.2 Å². The number of hydrogen-bond acceptors (Lipinski definition) is 5. The molecule has 6 rings (SSSR count). The molecule has 1 heterocycles. The minimum atomic E-state index is -0.436. The Morgan fingerprint density at radius 2 is 1.53 bits per heavy atom. The van der Waals surface area contributed by atoms with Crippen LogP contribution in [0.5, 0.6) is 11.5 Å². The minimum Gasteiger partial charge on any atom is -0.455 e. The third-order valence-electron chi connectivity index (χ3n) is 7.24. The molecule has 0 radical (unpaired) electrons. The second kappa shape index (κ2) is 12.4. The molecule has 2 amide bonds. The van der Waals surface area contributed by atoms with Gasteiger partial charge in [0, 0.05) is 28.1 Å². The zero-order valence-electron chi connectivity index (χ0n) is 23.4. The van der Waals surface area contributed by atoms with Gasteiger partial charge in [-0.1, -0.05) is 72.3 Å². The Labute approximate surface area is 254 Å². The molecule has 0 atom stereocenters. The van der Waals surface area contributed by atoms with Crippen LogP contribution in [0.15, 0.2) is 113 Å². The van der Waals surface area contributed by atoms with Gasteiger partial charge in [0.2, 0.25) is 0 Å². The second-order valence-corrected chi connectivity index (χ2v) is 10.6. The van der Waals surface area contributed by atoms with Crippen LogP contribution in [0, 0.1) is 6.92 Å². The molecule has 43 heavy (non-hydrogen) atoms. The lowest BCUT2D eigenvalue weighted by molar-refractivity contribution is 0.0953. The van der Waals surface area contributed by atoms with Gasteiger partial charge < -0.3 is 14.5 Å². The molecular formula is C35H28ClN3O4. The number of anilines is 1. The second-order valence-electron chi connectivity index (χ2n) is 10.2. The van der Waals surface area contributed by atoms with Crippen LogP contribution in [-0.4, -0.2) is 17.5 Å². The molecule has 1 aliphatic rings. The Bertz CT molecular complexity index is 1810. The molecule has 8 heteroatoms. The van der Waals surface area contributed by atoms with Crippen LogP contribution in [0.1, 0.15) is 50.6 Å². The molecule has 0 saturated carbocycles. The number of para-hydroxylation sites is 1. The van der Waals surface area contributed by atoms with Gasteiger partial charge in [-0.3, -0.25) is 9.59 Å². The van der Waals surface area contributed by atoms with E-state index >= 15 is 0 Å². The van der Waals surface area contributed by atoms with E-state index in [1.807, 2.05) is 79.7 Å². The van der Waals surface area contributed by atoms with E-state index in [-0.39, 0.29) is 11.7 Å².